The molecule has 33 heavy (non-hydrogen) atoms. The first kappa shape index (κ1) is 19.7. The van der Waals surface area contributed by atoms with E-state index in [0.717, 1.165) is 42.9 Å². The number of pyridine rings is 1. The minimum absolute atomic E-state index is 0.217. The molecule has 2 N–H and O–H groups in total. The highest BCUT2D eigenvalue weighted by Crippen LogP contribution is 2.30. The molecule has 2 aliphatic rings. The number of halogens is 2. The molecule has 4 aromatic rings. The van der Waals surface area contributed by atoms with E-state index in [2.05, 4.69) is 20.2 Å². The molecule has 0 aliphatic carbocycles. The van der Waals surface area contributed by atoms with E-state index in [4.69, 9.17) is 4.98 Å². The second-order valence-corrected chi connectivity index (χ2v) is 8.26. The number of hydrogen-bond acceptors (Lipinski definition) is 4. The Morgan fingerprint density at radius 2 is 2.09 bits per heavy atom. The Bertz CT molecular complexity index is 1450. The molecule has 0 bridgehead atoms. The van der Waals surface area contributed by atoms with Crippen molar-refractivity contribution in [2.45, 2.75) is 25.9 Å². The summed E-state index contributed by atoms with van der Waals surface area (Å²) >= 11 is 0. The maximum absolute atomic E-state index is 13.8. The third-order valence-corrected chi connectivity index (χ3v) is 6.05. The zero-order valence-electron chi connectivity index (χ0n) is 17.6. The summed E-state index contributed by atoms with van der Waals surface area (Å²) in [4.78, 5) is 22.3. The maximum Gasteiger partial charge on any atom is 0.272 e. The molecular weight excluding hydrogens is 426 g/mol. The lowest BCUT2D eigenvalue weighted by molar-refractivity contribution is 0.0965. The molecule has 1 aromatic carbocycles. The van der Waals surface area contributed by atoms with Crippen LogP contribution in [0.2, 0.25) is 0 Å². The van der Waals surface area contributed by atoms with Crippen molar-refractivity contribution >= 4 is 28.5 Å². The molecule has 0 unspecified atom stereocenters. The summed E-state index contributed by atoms with van der Waals surface area (Å²) in [5, 5.41) is 6.85. The van der Waals surface area contributed by atoms with Crippen molar-refractivity contribution in [2.75, 3.05) is 11.9 Å². The van der Waals surface area contributed by atoms with E-state index < -0.39 is 5.82 Å². The number of allylic oxidation sites excluding steroid dienone is 1. The highest BCUT2D eigenvalue weighted by molar-refractivity contribution is 6.02. The van der Waals surface area contributed by atoms with Crippen LogP contribution < -0.4 is 10.6 Å². The number of aryl methyl sites for hydroxylation is 1. The molecule has 0 saturated carbocycles. The lowest BCUT2D eigenvalue weighted by Gasteiger charge is -2.14. The minimum atomic E-state index is -0.490. The number of hydrogen-bond donors (Lipinski definition) is 2. The fourth-order valence-electron chi connectivity index (χ4n) is 4.57. The summed E-state index contributed by atoms with van der Waals surface area (Å²) in [5.74, 6) is 0.514. The smallest absolute Gasteiger partial charge is 0.272 e. The Kier molecular flexibility index (Phi) is 4.49. The van der Waals surface area contributed by atoms with Crippen molar-refractivity contribution in [3.8, 4) is 0 Å². The van der Waals surface area contributed by atoms with Gasteiger partial charge < -0.3 is 19.8 Å². The van der Waals surface area contributed by atoms with E-state index in [-0.39, 0.29) is 18.3 Å². The molecule has 166 valence electrons. The normalized spacial score (nSPS) is 14.5. The molecular formula is C24H20F2N6O. The fourth-order valence-corrected chi connectivity index (χ4v) is 4.57. The van der Waals surface area contributed by atoms with Gasteiger partial charge in [0.15, 0.2) is 5.82 Å². The second-order valence-electron chi connectivity index (χ2n) is 8.26. The first-order valence-corrected chi connectivity index (χ1v) is 10.8. The third-order valence-electron chi connectivity index (χ3n) is 6.05. The first-order chi connectivity index (χ1) is 16.1. The third kappa shape index (κ3) is 3.36. The lowest BCUT2D eigenvalue weighted by Crippen LogP contribution is -2.25. The summed E-state index contributed by atoms with van der Waals surface area (Å²) in [6, 6.07) is 9.10. The monoisotopic (exact) mass is 446 g/mol. The summed E-state index contributed by atoms with van der Waals surface area (Å²) < 4.78 is 31.3. The number of imidazole rings is 1. The number of rotatable bonds is 4. The van der Waals surface area contributed by atoms with Gasteiger partial charge in [0.2, 0.25) is 0 Å². The van der Waals surface area contributed by atoms with Crippen LogP contribution in [0, 0.1) is 11.6 Å². The van der Waals surface area contributed by atoms with Gasteiger partial charge in [-0.05, 0) is 48.7 Å². The van der Waals surface area contributed by atoms with Gasteiger partial charge in [0.05, 0.1) is 17.6 Å². The summed E-state index contributed by atoms with van der Waals surface area (Å²) in [6.45, 7) is 1.75. The van der Waals surface area contributed by atoms with Crippen molar-refractivity contribution in [3.05, 3.63) is 83.1 Å². The Morgan fingerprint density at radius 1 is 1.18 bits per heavy atom. The number of nitrogens with zero attached hydrogens (tertiary/aromatic N) is 4. The Labute approximate surface area is 187 Å². The minimum Gasteiger partial charge on any atom is -0.370 e. The van der Waals surface area contributed by atoms with Crippen LogP contribution in [0.25, 0.3) is 16.7 Å². The number of amides is 1. The van der Waals surface area contributed by atoms with Crippen molar-refractivity contribution in [1.29, 1.82) is 0 Å². The molecule has 1 amide bonds. The lowest BCUT2D eigenvalue weighted by atomic mass is 10.2. The van der Waals surface area contributed by atoms with Gasteiger partial charge in [-0.1, -0.05) is 12.1 Å². The van der Waals surface area contributed by atoms with E-state index in [1.807, 2.05) is 6.08 Å². The van der Waals surface area contributed by atoms with Crippen molar-refractivity contribution in [2.24, 2.45) is 0 Å². The Hall–Kier alpha value is -4.01. The number of fused-ring (bicyclic) bond motifs is 4. The van der Waals surface area contributed by atoms with E-state index in [9.17, 15) is 13.6 Å². The highest BCUT2D eigenvalue weighted by Gasteiger charge is 2.27. The molecule has 7 nitrogen and oxygen atoms in total. The Morgan fingerprint density at radius 3 is 2.97 bits per heavy atom. The van der Waals surface area contributed by atoms with Crippen LogP contribution in [0.15, 0.2) is 48.7 Å². The zero-order chi connectivity index (χ0) is 22.5. The average molecular weight is 446 g/mol. The van der Waals surface area contributed by atoms with Gasteiger partial charge in [0.1, 0.15) is 28.8 Å². The number of benzene rings is 1. The summed E-state index contributed by atoms with van der Waals surface area (Å²) in [5.41, 5.74) is 3.07. The molecule has 5 heterocycles. The van der Waals surface area contributed by atoms with Crippen LogP contribution in [0.3, 0.4) is 0 Å². The van der Waals surface area contributed by atoms with Crippen molar-refractivity contribution in [1.82, 2.24) is 24.4 Å². The molecule has 6 rings (SSSR count). The van der Waals surface area contributed by atoms with E-state index in [0.29, 0.717) is 34.5 Å². The molecule has 2 aliphatic heterocycles. The molecule has 0 saturated heterocycles. The Balaban J connectivity index is 1.36. The van der Waals surface area contributed by atoms with Crippen LogP contribution in [0.5, 0.6) is 0 Å². The SMILES string of the molecule is O=C(NC1=CCn2c1nc1c2NCCC1)c1cc2cc(F)cnc2n1Cc1cccc(F)c1. The van der Waals surface area contributed by atoms with Gasteiger partial charge in [0.25, 0.3) is 5.91 Å². The van der Waals surface area contributed by atoms with Gasteiger partial charge in [-0.3, -0.25) is 4.79 Å². The predicted molar refractivity (Wildman–Crippen MR) is 120 cm³/mol. The van der Waals surface area contributed by atoms with Crippen molar-refractivity contribution in [3.63, 3.8) is 0 Å². The number of carbonyl (C=O) groups excluding carboxylic acids is 1. The number of aromatic nitrogens is 4. The van der Waals surface area contributed by atoms with Gasteiger partial charge in [-0.2, -0.15) is 0 Å². The van der Waals surface area contributed by atoms with E-state index in [1.54, 1.807) is 22.8 Å². The molecule has 0 atom stereocenters. The van der Waals surface area contributed by atoms with E-state index in [1.165, 1.54) is 18.2 Å². The maximum atomic E-state index is 13.8. The fraction of sp³-hybridized carbons (Fsp3) is 0.208. The second kappa shape index (κ2) is 7.54. The molecule has 3 aromatic heterocycles. The van der Waals surface area contributed by atoms with Gasteiger partial charge in [0, 0.05) is 25.0 Å². The predicted octanol–water partition coefficient (Wildman–Crippen LogP) is 3.70. The molecule has 0 fully saturated rings. The highest BCUT2D eigenvalue weighted by atomic mass is 19.1. The quantitative estimate of drug-likeness (QED) is 0.501. The van der Waals surface area contributed by atoms with Gasteiger partial charge >= 0.3 is 0 Å². The van der Waals surface area contributed by atoms with E-state index >= 15 is 0 Å². The van der Waals surface area contributed by atoms with Crippen LogP contribution in [-0.2, 0) is 19.5 Å². The first-order valence-electron chi connectivity index (χ1n) is 10.8. The van der Waals surface area contributed by atoms with Gasteiger partial charge in [-0.25, -0.2) is 18.7 Å². The van der Waals surface area contributed by atoms with Crippen LogP contribution >= 0.6 is 0 Å². The van der Waals surface area contributed by atoms with Crippen LogP contribution in [0.1, 0.15) is 34.0 Å². The number of anilines is 1. The summed E-state index contributed by atoms with van der Waals surface area (Å²) in [7, 11) is 0. The molecule has 0 spiro atoms. The largest absolute Gasteiger partial charge is 0.370 e. The number of nitrogens with one attached hydrogen (secondary N) is 2. The number of carbonyl (C=O) groups is 1. The topological polar surface area (TPSA) is 76.8 Å². The van der Waals surface area contributed by atoms with Gasteiger partial charge in [-0.15, -0.1) is 0 Å². The molecule has 0 radical (unpaired) electrons. The van der Waals surface area contributed by atoms with Crippen LogP contribution in [0.4, 0.5) is 14.6 Å². The van der Waals surface area contributed by atoms with Crippen molar-refractivity contribution < 1.29 is 13.6 Å². The summed E-state index contributed by atoms with van der Waals surface area (Å²) in [6.07, 6.45) is 4.97. The average Bonchev–Trinajstić information content (AvgIpc) is 3.46. The standard InChI is InChI=1S/C24H20F2N6O/c25-16-4-1-3-14(9-16)13-32-20(11-15-10-17(26)12-28-21(15)32)24(33)30-19-6-8-31-22-18(29-23(19)31)5-2-7-27-22/h1,3-4,6,9-12,27H,2,5,7-8,13H2,(H,30,33). The molecule has 9 heteroatoms. The zero-order valence-corrected chi connectivity index (χ0v) is 17.6. The van der Waals surface area contributed by atoms with Crippen LogP contribution in [-0.4, -0.2) is 31.6 Å².